The molecule has 2 nitrogen and oxygen atoms in total. The minimum atomic E-state index is -0.191. The molecular formula is C24H27NO. The molecule has 0 radical (unpaired) electrons. The average Bonchev–Trinajstić information content (AvgIpc) is 2.73. The van der Waals surface area contributed by atoms with Gasteiger partial charge in [0.15, 0.2) is 0 Å². The maximum atomic E-state index is 5.80. The van der Waals surface area contributed by atoms with Gasteiger partial charge < -0.3 is 10.5 Å². The molecule has 3 aromatic carbocycles. The molecule has 0 saturated heterocycles. The molecule has 0 aliphatic carbocycles. The Hall–Kier alpha value is -2.58. The van der Waals surface area contributed by atoms with E-state index in [0.717, 1.165) is 31.6 Å². The zero-order valence-electron chi connectivity index (χ0n) is 15.4. The standard InChI is InChI=1S/C24H27NO/c1-26-23-16-14-22(15-17-23)24(18-8-9-19-25,20-10-4-2-5-11-20)21-12-6-3-7-13-21/h2-7,10-17H,8-9,18-19,25H2,1H3. The van der Waals surface area contributed by atoms with Crippen molar-refractivity contribution >= 4 is 0 Å². The van der Waals surface area contributed by atoms with Gasteiger partial charge in [-0.2, -0.15) is 0 Å². The van der Waals surface area contributed by atoms with E-state index in [2.05, 4.69) is 84.9 Å². The first kappa shape index (κ1) is 18.2. The van der Waals surface area contributed by atoms with Crippen LogP contribution in [0.5, 0.6) is 5.75 Å². The van der Waals surface area contributed by atoms with Crippen LogP contribution in [0.1, 0.15) is 36.0 Å². The number of ether oxygens (including phenoxy) is 1. The van der Waals surface area contributed by atoms with Crippen molar-refractivity contribution in [2.24, 2.45) is 5.73 Å². The van der Waals surface area contributed by atoms with E-state index in [9.17, 15) is 0 Å². The van der Waals surface area contributed by atoms with Gasteiger partial charge in [0.1, 0.15) is 5.75 Å². The van der Waals surface area contributed by atoms with Gasteiger partial charge in [0.05, 0.1) is 7.11 Å². The predicted octanol–water partition coefficient (Wildman–Crippen LogP) is 5.16. The number of unbranched alkanes of at least 4 members (excludes halogenated alkanes) is 1. The van der Waals surface area contributed by atoms with E-state index >= 15 is 0 Å². The number of hydrogen-bond acceptors (Lipinski definition) is 2. The maximum Gasteiger partial charge on any atom is 0.118 e. The van der Waals surface area contributed by atoms with E-state index in [1.165, 1.54) is 16.7 Å². The third-order valence-electron chi connectivity index (χ3n) is 5.12. The molecule has 0 saturated carbocycles. The van der Waals surface area contributed by atoms with E-state index in [-0.39, 0.29) is 5.41 Å². The van der Waals surface area contributed by atoms with Gasteiger partial charge in [-0.15, -0.1) is 0 Å². The molecule has 0 aliphatic rings. The summed E-state index contributed by atoms with van der Waals surface area (Å²) in [4.78, 5) is 0. The van der Waals surface area contributed by atoms with Crippen LogP contribution in [0.3, 0.4) is 0 Å². The summed E-state index contributed by atoms with van der Waals surface area (Å²) >= 11 is 0. The van der Waals surface area contributed by atoms with Crippen LogP contribution in [-0.2, 0) is 5.41 Å². The Kier molecular flexibility index (Phi) is 6.08. The topological polar surface area (TPSA) is 35.2 Å². The van der Waals surface area contributed by atoms with E-state index in [1.54, 1.807) is 7.11 Å². The molecule has 2 heteroatoms. The number of hydrogen-bond donors (Lipinski definition) is 1. The lowest BCUT2D eigenvalue weighted by atomic mass is 9.66. The first-order valence-electron chi connectivity index (χ1n) is 9.27. The molecule has 26 heavy (non-hydrogen) atoms. The molecule has 3 aromatic rings. The normalized spacial score (nSPS) is 11.3. The second kappa shape index (κ2) is 8.68. The van der Waals surface area contributed by atoms with E-state index in [1.807, 2.05) is 0 Å². The van der Waals surface area contributed by atoms with E-state index in [4.69, 9.17) is 10.5 Å². The molecule has 0 atom stereocenters. The second-order valence-corrected chi connectivity index (χ2v) is 6.61. The van der Waals surface area contributed by atoms with Gasteiger partial charge in [0, 0.05) is 5.41 Å². The highest BCUT2D eigenvalue weighted by Gasteiger charge is 2.35. The predicted molar refractivity (Wildman–Crippen MR) is 109 cm³/mol. The zero-order valence-corrected chi connectivity index (χ0v) is 15.4. The Morgan fingerprint density at radius 3 is 1.65 bits per heavy atom. The van der Waals surface area contributed by atoms with Crippen LogP contribution >= 0.6 is 0 Å². The van der Waals surface area contributed by atoms with Crippen LogP contribution in [0.4, 0.5) is 0 Å². The van der Waals surface area contributed by atoms with Crippen molar-refractivity contribution in [1.82, 2.24) is 0 Å². The van der Waals surface area contributed by atoms with Crippen LogP contribution in [0.15, 0.2) is 84.9 Å². The molecule has 0 fully saturated rings. The fourth-order valence-electron chi connectivity index (χ4n) is 3.79. The average molecular weight is 345 g/mol. The summed E-state index contributed by atoms with van der Waals surface area (Å²) in [6.07, 6.45) is 3.12. The highest BCUT2D eigenvalue weighted by Crippen LogP contribution is 2.43. The van der Waals surface area contributed by atoms with Crippen LogP contribution in [0.25, 0.3) is 0 Å². The Labute approximate surface area is 156 Å². The van der Waals surface area contributed by atoms with Gasteiger partial charge in [-0.25, -0.2) is 0 Å². The fraction of sp³-hybridized carbons (Fsp3) is 0.250. The van der Waals surface area contributed by atoms with Crippen molar-refractivity contribution in [2.45, 2.75) is 24.7 Å². The quantitative estimate of drug-likeness (QED) is 0.452. The monoisotopic (exact) mass is 345 g/mol. The van der Waals surface area contributed by atoms with Gasteiger partial charge in [-0.3, -0.25) is 0 Å². The SMILES string of the molecule is COc1ccc(C(CCCCN)(c2ccccc2)c2ccccc2)cc1. The largest absolute Gasteiger partial charge is 0.497 e. The van der Waals surface area contributed by atoms with Crippen LogP contribution in [0, 0.1) is 0 Å². The summed E-state index contributed by atoms with van der Waals surface area (Å²) in [6.45, 7) is 0.724. The minimum Gasteiger partial charge on any atom is -0.497 e. The summed E-state index contributed by atoms with van der Waals surface area (Å²) in [7, 11) is 1.71. The second-order valence-electron chi connectivity index (χ2n) is 6.61. The van der Waals surface area contributed by atoms with Crippen LogP contribution in [0.2, 0.25) is 0 Å². The lowest BCUT2D eigenvalue weighted by molar-refractivity contribution is 0.414. The third kappa shape index (κ3) is 3.66. The highest BCUT2D eigenvalue weighted by atomic mass is 16.5. The molecule has 134 valence electrons. The first-order chi connectivity index (χ1) is 12.8. The van der Waals surface area contributed by atoms with Gasteiger partial charge >= 0.3 is 0 Å². The van der Waals surface area contributed by atoms with Crippen LogP contribution in [-0.4, -0.2) is 13.7 Å². The molecule has 2 N–H and O–H groups in total. The van der Waals surface area contributed by atoms with Crippen molar-refractivity contribution in [1.29, 1.82) is 0 Å². The first-order valence-corrected chi connectivity index (χ1v) is 9.27. The van der Waals surface area contributed by atoms with Crippen molar-refractivity contribution in [2.75, 3.05) is 13.7 Å². The molecule has 3 rings (SSSR count). The van der Waals surface area contributed by atoms with Gasteiger partial charge in [-0.1, -0.05) is 79.2 Å². The molecule has 0 heterocycles. The molecule has 0 unspecified atom stereocenters. The summed E-state index contributed by atoms with van der Waals surface area (Å²) in [6, 6.07) is 30.1. The Bertz CT molecular complexity index is 742. The van der Waals surface area contributed by atoms with Crippen molar-refractivity contribution in [3.05, 3.63) is 102 Å². The zero-order chi connectivity index (χ0) is 18.2. The number of rotatable bonds is 8. The Morgan fingerprint density at radius 1 is 0.692 bits per heavy atom. The minimum absolute atomic E-state index is 0.191. The van der Waals surface area contributed by atoms with Gasteiger partial charge in [0.25, 0.3) is 0 Å². The smallest absolute Gasteiger partial charge is 0.118 e. The Morgan fingerprint density at radius 2 is 1.19 bits per heavy atom. The maximum absolute atomic E-state index is 5.80. The van der Waals surface area contributed by atoms with E-state index < -0.39 is 0 Å². The van der Waals surface area contributed by atoms with Gasteiger partial charge in [-0.05, 0) is 48.2 Å². The lowest BCUT2D eigenvalue weighted by Gasteiger charge is -2.36. The number of nitrogens with two attached hydrogens (primary N) is 1. The highest BCUT2D eigenvalue weighted by molar-refractivity contribution is 5.51. The van der Waals surface area contributed by atoms with Crippen molar-refractivity contribution in [3.63, 3.8) is 0 Å². The molecule has 0 bridgehead atoms. The fourth-order valence-corrected chi connectivity index (χ4v) is 3.79. The lowest BCUT2D eigenvalue weighted by Crippen LogP contribution is -2.29. The third-order valence-corrected chi connectivity index (χ3v) is 5.12. The number of methoxy groups -OCH3 is 1. The molecule has 0 amide bonds. The summed E-state index contributed by atoms with van der Waals surface area (Å²) in [5, 5.41) is 0. The molecular weight excluding hydrogens is 318 g/mol. The molecule has 0 spiro atoms. The summed E-state index contributed by atoms with van der Waals surface area (Å²) in [5.74, 6) is 0.880. The molecule has 0 aromatic heterocycles. The number of benzene rings is 3. The van der Waals surface area contributed by atoms with Crippen molar-refractivity contribution < 1.29 is 4.74 Å². The summed E-state index contributed by atoms with van der Waals surface area (Å²) in [5.41, 5.74) is 9.52. The van der Waals surface area contributed by atoms with Gasteiger partial charge in [0.2, 0.25) is 0 Å². The molecule has 0 aliphatic heterocycles. The van der Waals surface area contributed by atoms with Crippen LogP contribution < -0.4 is 10.5 Å². The summed E-state index contributed by atoms with van der Waals surface area (Å²) < 4.78 is 5.38. The van der Waals surface area contributed by atoms with Crippen molar-refractivity contribution in [3.8, 4) is 5.75 Å². The van der Waals surface area contributed by atoms with E-state index in [0.29, 0.717) is 0 Å². The Balaban J connectivity index is 2.19.